The van der Waals surface area contributed by atoms with E-state index in [0.717, 1.165) is 44.3 Å². The largest absolute Gasteiger partial charge is 0.381 e. The lowest BCUT2D eigenvalue weighted by Crippen LogP contribution is -2.14. The van der Waals surface area contributed by atoms with E-state index in [-0.39, 0.29) is 6.04 Å². The summed E-state index contributed by atoms with van der Waals surface area (Å²) in [6, 6.07) is 41.1. The van der Waals surface area contributed by atoms with Gasteiger partial charge in [0.2, 0.25) is 0 Å². The minimum Gasteiger partial charge on any atom is -0.381 e. The lowest BCUT2D eigenvalue weighted by molar-refractivity contribution is 0.746. The van der Waals surface area contributed by atoms with Crippen molar-refractivity contribution in [3.8, 4) is 22.5 Å². The molecule has 0 fully saturated rings. The van der Waals surface area contributed by atoms with Gasteiger partial charge in [-0.05, 0) is 57.6 Å². The van der Waals surface area contributed by atoms with Crippen LogP contribution >= 0.6 is 0 Å². The molecule has 1 aliphatic heterocycles. The van der Waals surface area contributed by atoms with Crippen LogP contribution in [0.5, 0.6) is 0 Å². The summed E-state index contributed by atoms with van der Waals surface area (Å²) in [4.78, 5) is 10.4. The van der Waals surface area contributed by atoms with Crippen molar-refractivity contribution in [3.05, 3.63) is 145 Å². The zero-order chi connectivity index (χ0) is 26.5. The van der Waals surface area contributed by atoms with Crippen molar-refractivity contribution in [1.29, 1.82) is 0 Å². The van der Waals surface area contributed by atoms with Crippen LogP contribution in [0.4, 0.5) is 0 Å². The van der Waals surface area contributed by atoms with Gasteiger partial charge >= 0.3 is 0 Å². The summed E-state index contributed by atoms with van der Waals surface area (Å²) in [6.45, 7) is 0. The van der Waals surface area contributed by atoms with Crippen LogP contribution in [0.25, 0.3) is 65.9 Å². The number of benzene rings is 5. The SMILES string of the molecule is C1=CNC(c2ccc(-c3ccc4ccc5ccc(-c6cc7ccccc7c7ccccc67)nc5c4n3)cc2)C=C1. The zero-order valence-electron chi connectivity index (χ0n) is 21.8. The maximum Gasteiger partial charge on any atom is 0.0972 e. The van der Waals surface area contributed by atoms with E-state index in [1.807, 2.05) is 12.3 Å². The number of dihydropyridines is 1. The van der Waals surface area contributed by atoms with Gasteiger partial charge in [0.25, 0.3) is 0 Å². The summed E-state index contributed by atoms with van der Waals surface area (Å²) in [6.07, 6.45) is 8.23. The number of allylic oxidation sites excluding steroid dienone is 2. The Labute approximate surface area is 232 Å². The molecular weight excluding hydrogens is 486 g/mol. The van der Waals surface area contributed by atoms with E-state index in [1.54, 1.807) is 0 Å². The second-order valence-corrected chi connectivity index (χ2v) is 10.3. The third-order valence-electron chi connectivity index (χ3n) is 7.92. The van der Waals surface area contributed by atoms with E-state index in [0.29, 0.717) is 0 Å². The van der Waals surface area contributed by atoms with E-state index in [2.05, 4.69) is 133 Å². The van der Waals surface area contributed by atoms with Crippen molar-refractivity contribution in [2.24, 2.45) is 0 Å². The number of nitrogens with zero attached hydrogens (tertiary/aromatic N) is 2. The predicted octanol–water partition coefficient (Wildman–Crippen LogP) is 9.14. The zero-order valence-corrected chi connectivity index (χ0v) is 21.8. The van der Waals surface area contributed by atoms with E-state index >= 15 is 0 Å². The molecule has 5 aromatic carbocycles. The van der Waals surface area contributed by atoms with Crippen molar-refractivity contribution in [2.45, 2.75) is 6.04 Å². The first-order valence-corrected chi connectivity index (χ1v) is 13.6. The number of nitrogens with one attached hydrogen (secondary N) is 1. The first kappa shape index (κ1) is 22.7. The molecule has 1 atom stereocenters. The van der Waals surface area contributed by atoms with E-state index in [9.17, 15) is 0 Å². The lowest BCUT2D eigenvalue weighted by atomic mass is 9.95. The predicted molar refractivity (Wildman–Crippen MR) is 167 cm³/mol. The molecule has 0 amide bonds. The van der Waals surface area contributed by atoms with Gasteiger partial charge in [-0.25, -0.2) is 9.97 Å². The van der Waals surface area contributed by atoms with Gasteiger partial charge in [0, 0.05) is 21.9 Å². The standard InChI is InChI=1S/C37H25N3/c1-2-8-29-28(7-1)23-32(31-10-4-3-9-30(29)31)35-21-19-27-17-16-26-18-20-34(39-36(26)37(27)40-35)25-14-12-24(13-15-25)33-11-5-6-22-38-33/h1-23,33,38H. The molecule has 0 saturated heterocycles. The molecule has 3 heterocycles. The number of rotatable bonds is 3. The van der Waals surface area contributed by atoms with Gasteiger partial charge in [-0.2, -0.15) is 0 Å². The van der Waals surface area contributed by atoms with Gasteiger partial charge < -0.3 is 5.32 Å². The maximum absolute atomic E-state index is 5.26. The molecule has 0 bridgehead atoms. The number of hydrogen-bond acceptors (Lipinski definition) is 3. The number of aromatic nitrogens is 2. The summed E-state index contributed by atoms with van der Waals surface area (Å²) in [5.41, 5.74) is 7.21. The summed E-state index contributed by atoms with van der Waals surface area (Å²) < 4.78 is 0. The fourth-order valence-corrected chi connectivity index (χ4v) is 5.86. The second-order valence-electron chi connectivity index (χ2n) is 10.3. The summed E-state index contributed by atoms with van der Waals surface area (Å²) in [5, 5.41) is 10.5. The fraction of sp³-hybridized carbons (Fsp3) is 0.0270. The molecule has 3 nitrogen and oxygen atoms in total. The summed E-state index contributed by atoms with van der Waals surface area (Å²) >= 11 is 0. The van der Waals surface area contributed by atoms with Crippen LogP contribution in [0, 0.1) is 0 Å². The van der Waals surface area contributed by atoms with Crippen LogP contribution in [0.2, 0.25) is 0 Å². The van der Waals surface area contributed by atoms with E-state index in [4.69, 9.17) is 9.97 Å². The molecule has 0 radical (unpaired) electrons. The number of fused-ring (bicyclic) bond motifs is 6. The monoisotopic (exact) mass is 511 g/mol. The topological polar surface area (TPSA) is 37.8 Å². The van der Waals surface area contributed by atoms with Crippen molar-refractivity contribution in [1.82, 2.24) is 15.3 Å². The summed E-state index contributed by atoms with van der Waals surface area (Å²) in [5.74, 6) is 0. The second kappa shape index (κ2) is 9.18. The molecule has 0 spiro atoms. The minimum atomic E-state index is 0.196. The van der Waals surface area contributed by atoms with Gasteiger partial charge in [0.1, 0.15) is 0 Å². The van der Waals surface area contributed by atoms with Crippen LogP contribution in [-0.4, -0.2) is 9.97 Å². The molecule has 3 heteroatoms. The third-order valence-corrected chi connectivity index (χ3v) is 7.92. The molecule has 0 aliphatic carbocycles. The minimum absolute atomic E-state index is 0.196. The van der Waals surface area contributed by atoms with Gasteiger partial charge in [0.05, 0.1) is 28.5 Å². The van der Waals surface area contributed by atoms with Crippen LogP contribution in [0.1, 0.15) is 11.6 Å². The highest BCUT2D eigenvalue weighted by atomic mass is 14.9. The molecule has 40 heavy (non-hydrogen) atoms. The molecule has 1 N–H and O–H groups in total. The molecular formula is C37H25N3. The third kappa shape index (κ3) is 3.75. The molecule has 8 rings (SSSR count). The van der Waals surface area contributed by atoms with Gasteiger partial charge in [-0.15, -0.1) is 0 Å². The van der Waals surface area contributed by atoms with Crippen LogP contribution < -0.4 is 5.32 Å². The Bertz CT molecular complexity index is 2140. The first-order valence-electron chi connectivity index (χ1n) is 13.6. The molecule has 0 saturated carbocycles. The van der Waals surface area contributed by atoms with Crippen molar-refractivity contribution in [3.63, 3.8) is 0 Å². The summed E-state index contributed by atoms with van der Waals surface area (Å²) in [7, 11) is 0. The Morgan fingerprint density at radius 3 is 1.93 bits per heavy atom. The molecule has 1 aliphatic rings. The van der Waals surface area contributed by atoms with Crippen LogP contribution in [-0.2, 0) is 0 Å². The van der Waals surface area contributed by atoms with Gasteiger partial charge in [0.15, 0.2) is 0 Å². The van der Waals surface area contributed by atoms with E-state index < -0.39 is 0 Å². The maximum atomic E-state index is 5.26. The Balaban J connectivity index is 1.27. The van der Waals surface area contributed by atoms with Gasteiger partial charge in [-0.1, -0.05) is 109 Å². The molecule has 188 valence electrons. The van der Waals surface area contributed by atoms with Crippen LogP contribution in [0.3, 0.4) is 0 Å². The lowest BCUT2D eigenvalue weighted by Gasteiger charge is -2.16. The van der Waals surface area contributed by atoms with Gasteiger partial charge in [-0.3, -0.25) is 0 Å². The molecule has 2 aromatic heterocycles. The Kier molecular flexibility index (Phi) is 5.20. The molecule has 7 aromatic rings. The smallest absolute Gasteiger partial charge is 0.0972 e. The van der Waals surface area contributed by atoms with Crippen molar-refractivity contribution in [2.75, 3.05) is 0 Å². The van der Waals surface area contributed by atoms with Crippen LogP contribution in [0.15, 0.2) is 140 Å². The average molecular weight is 512 g/mol. The quantitative estimate of drug-likeness (QED) is 0.240. The van der Waals surface area contributed by atoms with E-state index in [1.165, 1.54) is 27.1 Å². The number of hydrogen-bond donors (Lipinski definition) is 1. The number of pyridine rings is 2. The highest BCUT2D eigenvalue weighted by Gasteiger charge is 2.13. The molecule has 1 unspecified atom stereocenters. The fourth-order valence-electron chi connectivity index (χ4n) is 5.86. The van der Waals surface area contributed by atoms with Crippen molar-refractivity contribution >= 4 is 43.4 Å². The Hall–Kier alpha value is -5.28. The average Bonchev–Trinajstić information content (AvgIpc) is 3.04. The first-order chi connectivity index (χ1) is 19.8. The van der Waals surface area contributed by atoms with Crippen molar-refractivity contribution < 1.29 is 0 Å². The Morgan fingerprint density at radius 1 is 0.525 bits per heavy atom. The normalized spacial score (nSPS) is 14.8. The highest BCUT2D eigenvalue weighted by molar-refractivity contribution is 6.14. The highest BCUT2D eigenvalue weighted by Crippen LogP contribution is 2.36. The Morgan fingerprint density at radius 2 is 1.18 bits per heavy atom.